The Morgan fingerprint density at radius 2 is 0.667 bits per heavy atom. The van der Waals surface area contributed by atoms with Gasteiger partial charge >= 0.3 is 0 Å². The van der Waals surface area contributed by atoms with Crippen molar-refractivity contribution >= 4 is 32.3 Å². The molecule has 0 unspecified atom stereocenters. The maximum Gasteiger partial charge on any atom is 0.160 e. The molecule has 0 atom stereocenters. The second-order valence-electron chi connectivity index (χ2n) is 10.6. The van der Waals surface area contributed by atoms with Crippen LogP contribution in [-0.2, 0) is 0 Å². The largest absolute Gasteiger partial charge is 0.228 e. The van der Waals surface area contributed by atoms with Gasteiger partial charge in [-0.15, -0.1) is 0 Å². The smallest absolute Gasteiger partial charge is 0.160 e. The third-order valence-electron chi connectivity index (χ3n) is 8.09. The summed E-state index contributed by atoms with van der Waals surface area (Å²) in [6.45, 7) is 0. The van der Waals surface area contributed by atoms with Gasteiger partial charge in [-0.2, -0.15) is 0 Å². The molecular weight excluding hydrogens is 508 g/mol. The number of benzene rings is 7. The van der Waals surface area contributed by atoms with Crippen molar-refractivity contribution in [2.75, 3.05) is 0 Å². The van der Waals surface area contributed by atoms with E-state index < -0.39 is 0 Å². The highest BCUT2D eigenvalue weighted by Crippen LogP contribution is 2.37. The number of fused-ring (bicyclic) bond motifs is 6. The van der Waals surface area contributed by atoms with Crippen LogP contribution in [0.4, 0.5) is 0 Å². The van der Waals surface area contributed by atoms with Gasteiger partial charge in [0.05, 0.1) is 11.4 Å². The number of aromatic nitrogens is 2. The maximum absolute atomic E-state index is 4.99. The summed E-state index contributed by atoms with van der Waals surface area (Å²) in [4.78, 5) is 9.99. The molecule has 0 spiro atoms. The third kappa shape index (κ3) is 4.22. The first-order valence-electron chi connectivity index (χ1n) is 14.3. The number of hydrogen-bond donors (Lipinski definition) is 0. The van der Waals surface area contributed by atoms with Crippen LogP contribution in [0.1, 0.15) is 0 Å². The van der Waals surface area contributed by atoms with Gasteiger partial charge in [0.1, 0.15) is 0 Å². The zero-order chi connectivity index (χ0) is 27.9. The Kier molecular flexibility index (Phi) is 5.82. The van der Waals surface area contributed by atoms with Gasteiger partial charge in [0, 0.05) is 16.7 Å². The number of hydrogen-bond acceptors (Lipinski definition) is 2. The summed E-state index contributed by atoms with van der Waals surface area (Å²) in [5, 5.41) is 7.71. The van der Waals surface area contributed by atoms with Gasteiger partial charge in [0.15, 0.2) is 5.82 Å². The van der Waals surface area contributed by atoms with Gasteiger partial charge in [-0.3, -0.25) is 0 Å². The van der Waals surface area contributed by atoms with Crippen molar-refractivity contribution in [1.29, 1.82) is 0 Å². The van der Waals surface area contributed by atoms with E-state index in [1.54, 1.807) is 0 Å². The summed E-state index contributed by atoms with van der Waals surface area (Å²) in [6, 6.07) is 55.6. The lowest BCUT2D eigenvalue weighted by Gasteiger charge is -2.12. The number of nitrogens with zero attached hydrogens (tertiary/aromatic N) is 2. The van der Waals surface area contributed by atoms with E-state index >= 15 is 0 Å². The van der Waals surface area contributed by atoms with Crippen LogP contribution in [-0.4, -0.2) is 9.97 Å². The van der Waals surface area contributed by atoms with Crippen molar-refractivity contribution in [3.63, 3.8) is 0 Å². The van der Waals surface area contributed by atoms with E-state index in [2.05, 4.69) is 121 Å². The van der Waals surface area contributed by atoms with Crippen molar-refractivity contribution in [3.8, 4) is 45.0 Å². The molecule has 0 N–H and O–H groups in total. The molecule has 42 heavy (non-hydrogen) atoms. The molecule has 2 heteroatoms. The summed E-state index contributed by atoms with van der Waals surface area (Å²) >= 11 is 0. The van der Waals surface area contributed by atoms with Crippen LogP contribution in [0.5, 0.6) is 0 Å². The molecule has 0 aliphatic carbocycles. The highest BCUT2D eigenvalue weighted by Gasteiger charge is 2.12. The van der Waals surface area contributed by atoms with Crippen LogP contribution in [0.2, 0.25) is 0 Å². The van der Waals surface area contributed by atoms with E-state index in [0.29, 0.717) is 0 Å². The van der Waals surface area contributed by atoms with Gasteiger partial charge in [0.2, 0.25) is 0 Å². The lowest BCUT2D eigenvalue weighted by molar-refractivity contribution is 1.18. The molecule has 196 valence electrons. The number of rotatable bonds is 4. The van der Waals surface area contributed by atoms with Crippen molar-refractivity contribution < 1.29 is 0 Å². The van der Waals surface area contributed by atoms with E-state index in [1.165, 1.54) is 43.4 Å². The quantitative estimate of drug-likeness (QED) is 0.210. The van der Waals surface area contributed by atoms with Gasteiger partial charge in [-0.1, -0.05) is 146 Å². The van der Waals surface area contributed by atoms with Crippen LogP contribution >= 0.6 is 0 Å². The minimum Gasteiger partial charge on any atom is -0.228 e. The normalized spacial score (nSPS) is 11.3. The highest BCUT2D eigenvalue weighted by atomic mass is 14.9. The second-order valence-corrected chi connectivity index (χ2v) is 10.6. The van der Waals surface area contributed by atoms with Crippen molar-refractivity contribution in [3.05, 3.63) is 158 Å². The summed E-state index contributed by atoms with van der Waals surface area (Å²) in [5.41, 5.74) is 7.33. The third-order valence-corrected chi connectivity index (χ3v) is 8.09. The summed E-state index contributed by atoms with van der Waals surface area (Å²) < 4.78 is 0. The molecule has 1 aromatic heterocycles. The minimum absolute atomic E-state index is 0.720. The van der Waals surface area contributed by atoms with Crippen LogP contribution in [0.15, 0.2) is 158 Å². The minimum atomic E-state index is 0.720. The fourth-order valence-electron chi connectivity index (χ4n) is 5.99. The molecule has 0 bridgehead atoms. The zero-order valence-electron chi connectivity index (χ0n) is 22.9. The monoisotopic (exact) mass is 534 g/mol. The Morgan fingerprint density at radius 3 is 1.19 bits per heavy atom. The first-order chi connectivity index (χ1) is 20.8. The predicted molar refractivity (Wildman–Crippen MR) is 176 cm³/mol. The van der Waals surface area contributed by atoms with Gasteiger partial charge in [0.25, 0.3) is 0 Å². The van der Waals surface area contributed by atoms with E-state index in [-0.39, 0.29) is 0 Å². The maximum atomic E-state index is 4.99. The fourth-order valence-corrected chi connectivity index (χ4v) is 5.99. The Morgan fingerprint density at radius 1 is 0.262 bits per heavy atom. The molecule has 0 amide bonds. The summed E-state index contributed by atoms with van der Waals surface area (Å²) in [5.74, 6) is 0.720. The molecule has 7 aromatic carbocycles. The lowest BCUT2D eigenvalue weighted by Crippen LogP contribution is -1.95. The highest BCUT2D eigenvalue weighted by molar-refractivity contribution is 6.25. The topological polar surface area (TPSA) is 25.8 Å². The standard InChI is InChI=1S/C40H26N2/c1-3-11-28(12-4-1)38-26-39(29-13-5-2-6-14-29)42-40(41-38)30-21-19-27(20-22-30)31-23-24-36-34-17-8-7-15-32(34)33-16-9-10-18-35(33)37(36)25-31/h1-26H. The molecule has 0 aliphatic heterocycles. The summed E-state index contributed by atoms with van der Waals surface area (Å²) in [7, 11) is 0. The first kappa shape index (κ1) is 24.2. The molecule has 0 radical (unpaired) electrons. The predicted octanol–water partition coefficient (Wildman–Crippen LogP) is 10.6. The molecule has 1 heterocycles. The molecular formula is C40H26N2. The lowest BCUT2D eigenvalue weighted by atomic mass is 9.92. The average molecular weight is 535 g/mol. The van der Waals surface area contributed by atoms with E-state index in [9.17, 15) is 0 Å². The van der Waals surface area contributed by atoms with E-state index in [0.717, 1.165) is 33.9 Å². The zero-order valence-corrected chi connectivity index (χ0v) is 22.9. The van der Waals surface area contributed by atoms with Crippen molar-refractivity contribution in [2.45, 2.75) is 0 Å². The molecule has 8 rings (SSSR count). The molecule has 2 nitrogen and oxygen atoms in total. The van der Waals surface area contributed by atoms with Gasteiger partial charge < -0.3 is 0 Å². The fraction of sp³-hybridized carbons (Fsp3) is 0. The Labute approximate surface area is 244 Å². The van der Waals surface area contributed by atoms with Gasteiger partial charge in [-0.05, 0) is 55.6 Å². The summed E-state index contributed by atoms with van der Waals surface area (Å²) in [6.07, 6.45) is 0. The average Bonchev–Trinajstić information content (AvgIpc) is 3.09. The molecule has 0 aliphatic rings. The van der Waals surface area contributed by atoms with Crippen LogP contribution in [0.25, 0.3) is 77.3 Å². The molecule has 0 fully saturated rings. The molecule has 8 aromatic rings. The van der Waals surface area contributed by atoms with Gasteiger partial charge in [-0.25, -0.2) is 9.97 Å². The van der Waals surface area contributed by atoms with Crippen LogP contribution < -0.4 is 0 Å². The SMILES string of the molecule is c1ccc(-c2cc(-c3ccccc3)nc(-c3ccc(-c4ccc5c6ccccc6c6ccccc6c5c4)cc3)n2)cc1. The van der Waals surface area contributed by atoms with E-state index in [1.807, 2.05) is 36.4 Å². The van der Waals surface area contributed by atoms with Crippen LogP contribution in [0.3, 0.4) is 0 Å². The Hall–Kier alpha value is -5.60. The van der Waals surface area contributed by atoms with Crippen LogP contribution in [0, 0.1) is 0 Å². The first-order valence-corrected chi connectivity index (χ1v) is 14.3. The molecule has 0 saturated carbocycles. The van der Waals surface area contributed by atoms with Crippen molar-refractivity contribution in [2.24, 2.45) is 0 Å². The molecule has 0 saturated heterocycles. The van der Waals surface area contributed by atoms with Crippen molar-refractivity contribution in [1.82, 2.24) is 9.97 Å². The Bertz CT molecular complexity index is 2130. The van der Waals surface area contributed by atoms with E-state index in [4.69, 9.17) is 9.97 Å². The Balaban J connectivity index is 1.23. The second kappa shape index (κ2) is 10.1.